The number of aryl methyl sites for hydroxylation is 1. The summed E-state index contributed by atoms with van der Waals surface area (Å²) in [7, 11) is 3.08. The molecule has 1 aromatic carbocycles. The fourth-order valence-electron chi connectivity index (χ4n) is 2.41. The van der Waals surface area contributed by atoms with Gasteiger partial charge in [0.1, 0.15) is 17.7 Å². The molecule has 0 fully saturated rings. The van der Waals surface area contributed by atoms with Gasteiger partial charge in [-0.15, -0.1) is 0 Å². The smallest absolute Gasteiger partial charge is 0.174 e. The van der Waals surface area contributed by atoms with Gasteiger partial charge in [0.2, 0.25) is 0 Å². The fourth-order valence-corrected chi connectivity index (χ4v) is 2.84. The third-order valence-electron chi connectivity index (χ3n) is 3.59. The summed E-state index contributed by atoms with van der Waals surface area (Å²) in [5, 5.41) is 22.3. The van der Waals surface area contributed by atoms with Crippen LogP contribution in [0.2, 0.25) is 0 Å². The van der Waals surface area contributed by atoms with Gasteiger partial charge in [-0.05, 0) is 41.1 Å². The average molecular weight is 444 g/mol. The monoisotopic (exact) mass is 443 g/mol. The van der Waals surface area contributed by atoms with Gasteiger partial charge < -0.3 is 14.2 Å². The molecule has 0 amide bonds. The molecule has 0 aliphatic carbocycles. The van der Waals surface area contributed by atoms with Gasteiger partial charge >= 0.3 is 0 Å². The molecule has 8 nitrogen and oxygen atoms in total. The summed E-state index contributed by atoms with van der Waals surface area (Å²) < 4.78 is 16.5. The molecule has 0 atom stereocenters. The maximum Gasteiger partial charge on any atom is 0.174 e. The number of rotatable bonds is 8. The number of ether oxygens (including phenoxy) is 3. The molecule has 0 saturated heterocycles. The second-order valence-corrected chi connectivity index (χ2v) is 6.39. The molecule has 0 spiro atoms. The fraction of sp³-hybridized carbons (Fsp3) is 0.263. The van der Waals surface area contributed by atoms with E-state index in [1.165, 1.54) is 7.11 Å². The molecule has 28 heavy (non-hydrogen) atoms. The summed E-state index contributed by atoms with van der Waals surface area (Å²) in [6, 6.07) is 9.26. The van der Waals surface area contributed by atoms with E-state index in [1.54, 1.807) is 31.5 Å². The summed E-state index contributed by atoms with van der Waals surface area (Å²) in [5.41, 5.74) is 5.37. The van der Waals surface area contributed by atoms with Crippen molar-refractivity contribution in [1.29, 1.82) is 10.5 Å². The standard InChI is InChI=1S/C19H18BrN5O3/c1-12-6-14(11-26-2)15(9-22)19(24-12)25-23-10-13-7-17(27-3)18(8-16(13)20)28-5-4-21/h6-8,10H,5,11H2,1-3H3,(H,24,25). The largest absolute Gasteiger partial charge is 0.493 e. The van der Waals surface area contributed by atoms with Crippen LogP contribution in [0.1, 0.15) is 22.4 Å². The average Bonchev–Trinajstić information content (AvgIpc) is 2.67. The zero-order chi connectivity index (χ0) is 20.5. The Hall–Kier alpha value is -3.14. The second-order valence-electron chi connectivity index (χ2n) is 5.53. The first kappa shape index (κ1) is 21.2. The maximum absolute atomic E-state index is 9.45. The zero-order valence-electron chi connectivity index (χ0n) is 15.6. The Kier molecular flexibility index (Phi) is 7.76. The van der Waals surface area contributed by atoms with Crippen molar-refractivity contribution in [3.8, 4) is 23.6 Å². The lowest BCUT2D eigenvalue weighted by Crippen LogP contribution is -2.04. The number of anilines is 1. The minimum Gasteiger partial charge on any atom is -0.493 e. The lowest BCUT2D eigenvalue weighted by molar-refractivity contribution is 0.184. The van der Waals surface area contributed by atoms with Crippen molar-refractivity contribution in [2.24, 2.45) is 5.10 Å². The van der Waals surface area contributed by atoms with Crippen LogP contribution in [0.25, 0.3) is 0 Å². The Labute approximate surface area is 171 Å². The summed E-state index contributed by atoms with van der Waals surface area (Å²) in [5.74, 6) is 1.26. The molecule has 2 aromatic rings. The Morgan fingerprint density at radius 1 is 1.25 bits per heavy atom. The lowest BCUT2D eigenvalue weighted by Gasteiger charge is -2.11. The van der Waals surface area contributed by atoms with E-state index in [-0.39, 0.29) is 6.61 Å². The van der Waals surface area contributed by atoms with Crippen LogP contribution in [-0.2, 0) is 11.3 Å². The molecule has 144 valence electrons. The Morgan fingerprint density at radius 3 is 2.68 bits per heavy atom. The van der Waals surface area contributed by atoms with E-state index < -0.39 is 0 Å². The number of methoxy groups -OCH3 is 2. The van der Waals surface area contributed by atoms with Gasteiger partial charge in [-0.25, -0.2) is 4.98 Å². The number of aromatic nitrogens is 1. The van der Waals surface area contributed by atoms with Gasteiger partial charge in [0.25, 0.3) is 0 Å². The molecule has 0 bridgehead atoms. The molecule has 0 aliphatic heterocycles. The number of hydrogen-bond donors (Lipinski definition) is 1. The van der Waals surface area contributed by atoms with E-state index in [2.05, 4.69) is 37.5 Å². The van der Waals surface area contributed by atoms with Gasteiger partial charge in [0.15, 0.2) is 23.9 Å². The van der Waals surface area contributed by atoms with Crippen LogP contribution in [0.3, 0.4) is 0 Å². The van der Waals surface area contributed by atoms with Crippen LogP contribution in [0, 0.1) is 29.6 Å². The second kappa shape index (κ2) is 10.3. The topological polar surface area (TPSA) is 113 Å². The first-order valence-electron chi connectivity index (χ1n) is 8.10. The van der Waals surface area contributed by atoms with E-state index >= 15 is 0 Å². The molecule has 2 rings (SSSR count). The van der Waals surface area contributed by atoms with Crippen molar-refractivity contribution in [3.63, 3.8) is 0 Å². The lowest BCUT2D eigenvalue weighted by atomic mass is 10.1. The minimum absolute atomic E-state index is 0.0858. The molecule has 1 N–H and O–H groups in total. The normalized spacial score (nSPS) is 10.4. The predicted molar refractivity (Wildman–Crippen MR) is 107 cm³/mol. The van der Waals surface area contributed by atoms with Gasteiger partial charge in [0.05, 0.1) is 19.9 Å². The number of hydrogen-bond acceptors (Lipinski definition) is 8. The number of nitriles is 2. The number of nitrogens with one attached hydrogen (secondary N) is 1. The van der Waals surface area contributed by atoms with Crippen molar-refractivity contribution < 1.29 is 14.2 Å². The molecule has 9 heteroatoms. The number of benzene rings is 1. The van der Waals surface area contributed by atoms with Crippen LogP contribution in [-0.4, -0.2) is 32.0 Å². The van der Waals surface area contributed by atoms with Crippen LogP contribution >= 0.6 is 15.9 Å². The van der Waals surface area contributed by atoms with Crippen LogP contribution in [0.15, 0.2) is 27.8 Å². The molecule has 0 aliphatic rings. The third kappa shape index (κ3) is 5.19. The highest BCUT2D eigenvalue weighted by molar-refractivity contribution is 9.10. The van der Waals surface area contributed by atoms with E-state index in [4.69, 9.17) is 19.5 Å². The highest BCUT2D eigenvalue weighted by atomic mass is 79.9. The van der Waals surface area contributed by atoms with E-state index in [0.717, 1.165) is 11.3 Å². The summed E-state index contributed by atoms with van der Waals surface area (Å²) >= 11 is 3.44. The molecule has 0 saturated carbocycles. The van der Waals surface area contributed by atoms with Crippen LogP contribution in [0.5, 0.6) is 11.5 Å². The predicted octanol–water partition coefficient (Wildman–Crippen LogP) is 3.53. The number of halogens is 1. The van der Waals surface area contributed by atoms with Crippen molar-refractivity contribution in [2.75, 3.05) is 26.3 Å². The quantitative estimate of drug-likeness (QED) is 0.490. The van der Waals surface area contributed by atoms with Crippen molar-refractivity contribution in [1.82, 2.24) is 4.98 Å². The van der Waals surface area contributed by atoms with Gasteiger partial charge in [-0.3, -0.25) is 5.43 Å². The zero-order valence-corrected chi connectivity index (χ0v) is 17.2. The first-order valence-corrected chi connectivity index (χ1v) is 8.89. The van der Waals surface area contributed by atoms with Gasteiger partial charge in [0, 0.05) is 28.4 Å². The van der Waals surface area contributed by atoms with Crippen LogP contribution < -0.4 is 14.9 Å². The summed E-state index contributed by atoms with van der Waals surface area (Å²) in [4.78, 5) is 4.33. The third-order valence-corrected chi connectivity index (χ3v) is 4.28. The van der Waals surface area contributed by atoms with E-state index in [0.29, 0.717) is 39.5 Å². The first-order chi connectivity index (χ1) is 13.5. The highest BCUT2D eigenvalue weighted by Gasteiger charge is 2.12. The van der Waals surface area contributed by atoms with Gasteiger partial charge in [-0.1, -0.05) is 0 Å². The van der Waals surface area contributed by atoms with Crippen molar-refractivity contribution in [2.45, 2.75) is 13.5 Å². The number of pyridine rings is 1. The molecular formula is C19H18BrN5O3. The Bertz CT molecular complexity index is 964. The van der Waals surface area contributed by atoms with Gasteiger partial charge in [-0.2, -0.15) is 15.6 Å². The Balaban J connectivity index is 2.28. The highest BCUT2D eigenvalue weighted by Crippen LogP contribution is 2.33. The summed E-state index contributed by atoms with van der Waals surface area (Å²) in [6.07, 6.45) is 1.56. The minimum atomic E-state index is -0.0858. The molecule has 1 heterocycles. The molecule has 0 unspecified atom stereocenters. The molecule has 0 radical (unpaired) electrons. The van der Waals surface area contributed by atoms with Crippen molar-refractivity contribution >= 4 is 28.0 Å². The SMILES string of the molecule is COCc1cc(C)nc(NN=Cc2cc(OC)c(OCC#N)cc2Br)c1C#N. The number of nitrogens with zero attached hydrogens (tertiary/aromatic N) is 4. The van der Waals surface area contributed by atoms with Crippen molar-refractivity contribution in [3.05, 3.63) is 45.1 Å². The number of hydrazone groups is 1. The molecular weight excluding hydrogens is 426 g/mol. The Morgan fingerprint density at radius 2 is 2.04 bits per heavy atom. The molecule has 1 aromatic heterocycles. The summed E-state index contributed by atoms with van der Waals surface area (Å²) in [6.45, 7) is 2.05. The maximum atomic E-state index is 9.45. The van der Waals surface area contributed by atoms with E-state index in [1.807, 2.05) is 13.0 Å². The van der Waals surface area contributed by atoms with E-state index in [9.17, 15) is 5.26 Å². The van der Waals surface area contributed by atoms with Crippen LogP contribution in [0.4, 0.5) is 5.82 Å².